The maximum absolute atomic E-state index is 13.1. The van der Waals surface area contributed by atoms with E-state index in [-0.39, 0.29) is 16.3 Å². The van der Waals surface area contributed by atoms with E-state index < -0.39 is 10.0 Å². The number of morpholine rings is 1. The number of aromatic amines is 1. The van der Waals surface area contributed by atoms with Crippen LogP contribution in [0.4, 0.5) is 0 Å². The van der Waals surface area contributed by atoms with Crippen LogP contribution in [0.5, 0.6) is 0 Å². The normalized spacial score (nSPS) is 17.0. The van der Waals surface area contributed by atoms with Crippen LogP contribution in [0.2, 0.25) is 0 Å². The summed E-state index contributed by atoms with van der Waals surface area (Å²) in [6, 6.07) is 0. The first-order valence-corrected chi connectivity index (χ1v) is 12.2. The third kappa shape index (κ3) is 4.79. The zero-order chi connectivity index (χ0) is 23.5. The fourth-order valence-corrected chi connectivity index (χ4v) is 4.95. The Kier molecular flexibility index (Phi) is 7.52. The Balaban J connectivity index is 2.16. The first-order chi connectivity index (χ1) is 15.2. The van der Waals surface area contributed by atoms with Crippen molar-refractivity contribution in [3.63, 3.8) is 0 Å². The van der Waals surface area contributed by atoms with Crippen molar-refractivity contribution >= 4 is 21.1 Å². The summed E-state index contributed by atoms with van der Waals surface area (Å²) in [5.41, 5.74) is 1.04. The highest BCUT2D eigenvalue weighted by Gasteiger charge is 2.27. The van der Waals surface area contributed by atoms with E-state index in [0.29, 0.717) is 67.7 Å². The minimum Gasteiger partial charge on any atom is -0.498 e. The van der Waals surface area contributed by atoms with Crippen LogP contribution in [-0.2, 0) is 25.9 Å². The molecule has 2 aromatic rings. The average Bonchev–Trinajstić information content (AvgIpc) is 3.08. The van der Waals surface area contributed by atoms with Crippen molar-refractivity contribution in [2.45, 2.75) is 47.5 Å². The van der Waals surface area contributed by atoms with Crippen molar-refractivity contribution in [1.82, 2.24) is 23.9 Å². The highest BCUT2D eigenvalue weighted by Crippen LogP contribution is 2.23. The fraction of sp³-hybridized carbons (Fsp3) is 0.571. The first-order valence-electron chi connectivity index (χ1n) is 10.8. The van der Waals surface area contributed by atoms with Gasteiger partial charge in [-0.3, -0.25) is 4.79 Å². The largest absolute Gasteiger partial charge is 0.498 e. The molecule has 0 unspecified atom stereocenters. The van der Waals surface area contributed by atoms with Gasteiger partial charge in [-0.25, -0.2) is 17.9 Å². The molecule has 0 amide bonds. The molecule has 1 N–H and O–H groups in total. The molecule has 0 atom stereocenters. The Morgan fingerprint density at radius 3 is 2.56 bits per heavy atom. The molecule has 0 aromatic carbocycles. The van der Waals surface area contributed by atoms with Crippen molar-refractivity contribution in [2.75, 3.05) is 32.9 Å². The predicted octanol–water partition coefficient (Wildman–Crippen LogP) is 2.01. The summed E-state index contributed by atoms with van der Waals surface area (Å²) in [6.45, 7) is 10.6. The lowest BCUT2D eigenvalue weighted by Gasteiger charge is -2.26. The number of H-pyrrole nitrogens is 1. The SMILES string of the molecule is CCCc1nc(C)c2c(=O)[nH]c(C(/C=C(\C)S(=O)(=O)N3CCOCC3)=C(/C)OCC)nn12. The fourth-order valence-electron chi connectivity index (χ4n) is 3.64. The van der Waals surface area contributed by atoms with Gasteiger partial charge in [0.05, 0.1) is 36.0 Å². The molecule has 176 valence electrons. The number of imidazole rings is 1. The van der Waals surface area contributed by atoms with E-state index >= 15 is 0 Å². The van der Waals surface area contributed by atoms with E-state index in [9.17, 15) is 13.2 Å². The molecule has 0 radical (unpaired) electrons. The molecule has 0 aliphatic carbocycles. The van der Waals surface area contributed by atoms with E-state index in [1.54, 1.807) is 18.4 Å². The van der Waals surface area contributed by atoms with E-state index in [2.05, 4.69) is 15.1 Å². The summed E-state index contributed by atoms with van der Waals surface area (Å²) < 4.78 is 40.1. The van der Waals surface area contributed by atoms with Crippen LogP contribution in [0.25, 0.3) is 11.1 Å². The summed E-state index contributed by atoms with van der Waals surface area (Å²) in [7, 11) is -3.69. The Labute approximate surface area is 188 Å². The molecule has 1 fully saturated rings. The minimum atomic E-state index is -3.69. The quantitative estimate of drug-likeness (QED) is 0.468. The Morgan fingerprint density at radius 2 is 1.94 bits per heavy atom. The Bertz CT molecular complexity index is 1200. The molecule has 32 heavy (non-hydrogen) atoms. The van der Waals surface area contributed by atoms with Crippen molar-refractivity contribution in [1.29, 1.82) is 0 Å². The number of sulfonamides is 1. The summed E-state index contributed by atoms with van der Waals surface area (Å²) in [5, 5.41) is 4.61. The van der Waals surface area contributed by atoms with E-state index in [4.69, 9.17) is 9.47 Å². The summed E-state index contributed by atoms with van der Waals surface area (Å²) in [5.74, 6) is 1.36. The van der Waals surface area contributed by atoms with Crippen molar-refractivity contribution in [3.8, 4) is 0 Å². The second-order valence-corrected chi connectivity index (χ2v) is 9.71. The van der Waals surface area contributed by atoms with E-state index in [1.807, 2.05) is 13.8 Å². The average molecular weight is 466 g/mol. The molecule has 3 rings (SSSR count). The van der Waals surface area contributed by atoms with Crippen LogP contribution in [0, 0.1) is 6.92 Å². The monoisotopic (exact) mass is 465 g/mol. The molecular formula is C21H31N5O5S. The predicted molar refractivity (Wildman–Crippen MR) is 122 cm³/mol. The topological polar surface area (TPSA) is 119 Å². The smallest absolute Gasteiger partial charge is 0.277 e. The third-order valence-electron chi connectivity index (χ3n) is 5.28. The van der Waals surface area contributed by atoms with Crippen LogP contribution in [0.3, 0.4) is 0 Å². The van der Waals surface area contributed by atoms with Gasteiger partial charge in [-0.2, -0.15) is 4.31 Å². The second kappa shape index (κ2) is 9.97. The molecule has 1 saturated heterocycles. The Morgan fingerprint density at radius 1 is 1.25 bits per heavy atom. The molecule has 2 aromatic heterocycles. The molecule has 0 spiro atoms. The van der Waals surface area contributed by atoms with Gasteiger partial charge >= 0.3 is 0 Å². The van der Waals surface area contributed by atoms with Gasteiger partial charge in [0.1, 0.15) is 11.6 Å². The van der Waals surface area contributed by atoms with Crippen LogP contribution in [0.1, 0.15) is 51.5 Å². The lowest BCUT2D eigenvalue weighted by atomic mass is 10.2. The number of aromatic nitrogens is 4. The van der Waals surface area contributed by atoms with Gasteiger partial charge in [-0.1, -0.05) is 6.92 Å². The van der Waals surface area contributed by atoms with Crippen molar-refractivity contribution < 1.29 is 17.9 Å². The number of rotatable bonds is 8. The van der Waals surface area contributed by atoms with Crippen LogP contribution < -0.4 is 5.56 Å². The molecule has 11 heteroatoms. The van der Waals surface area contributed by atoms with E-state index in [1.165, 1.54) is 17.3 Å². The zero-order valence-electron chi connectivity index (χ0n) is 19.3. The molecule has 10 nitrogen and oxygen atoms in total. The molecular weight excluding hydrogens is 434 g/mol. The number of aryl methyl sites for hydroxylation is 2. The summed E-state index contributed by atoms with van der Waals surface area (Å²) >= 11 is 0. The maximum atomic E-state index is 13.1. The summed E-state index contributed by atoms with van der Waals surface area (Å²) in [4.78, 5) is 20.3. The van der Waals surface area contributed by atoms with Crippen LogP contribution in [-0.4, -0.2) is 65.2 Å². The minimum absolute atomic E-state index is 0.131. The van der Waals surface area contributed by atoms with Crippen molar-refractivity contribution in [2.24, 2.45) is 0 Å². The number of allylic oxidation sites excluding steroid dienone is 4. The number of hydrogen-bond donors (Lipinski definition) is 1. The molecule has 0 bridgehead atoms. The number of ether oxygens (including phenoxy) is 2. The van der Waals surface area contributed by atoms with Crippen LogP contribution in [0.15, 0.2) is 21.5 Å². The van der Waals surface area contributed by atoms with Gasteiger partial charge < -0.3 is 14.5 Å². The molecule has 0 saturated carbocycles. The van der Waals surface area contributed by atoms with Gasteiger partial charge in [0, 0.05) is 19.5 Å². The zero-order valence-corrected chi connectivity index (χ0v) is 20.1. The van der Waals surface area contributed by atoms with Gasteiger partial charge in [-0.05, 0) is 40.2 Å². The first kappa shape index (κ1) is 24.1. The van der Waals surface area contributed by atoms with Gasteiger partial charge in [-0.15, -0.1) is 5.10 Å². The van der Waals surface area contributed by atoms with E-state index in [0.717, 1.165) is 6.42 Å². The van der Waals surface area contributed by atoms with Gasteiger partial charge in [0.15, 0.2) is 11.3 Å². The standard InChI is InChI=1S/C21H31N5O5S/c1-6-8-18-22-15(4)19-21(27)23-20(24-26(18)19)17(16(5)31-7-2)13-14(3)32(28,29)25-9-11-30-12-10-25/h13H,6-12H2,1-5H3,(H,23,24,27)/b14-13+,17-16-. The lowest BCUT2D eigenvalue weighted by molar-refractivity contribution is 0.0734. The second-order valence-electron chi connectivity index (χ2n) is 7.60. The number of nitrogens with zero attached hydrogens (tertiary/aromatic N) is 4. The maximum Gasteiger partial charge on any atom is 0.277 e. The lowest BCUT2D eigenvalue weighted by Crippen LogP contribution is -2.40. The third-order valence-corrected chi connectivity index (χ3v) is 7.25. The van der Waals surface area contributed by atoms with Crippen molar-refractivity contribution in [3.05, 3.63) is 44.4 Å². The number of fused-ring (bicyclic) bond motifs is 1. The number of hydrogen-bond acceptors (Lipinski definition) is 7. The number of nitrogens with one attached hydrogen (secondary N) is 1. The Hall–Kier alpha value is -2.50. The molecule has 1 aliphatic rings. The molecule has 1 aliphatic heterocycles. The van der Waals surface area contributed by atoms with Gasteiger partial charge in [0.25, 0.3) is 5.56 Å². The molecule has 3 heterocycles. The summed E-state index contributed by atoms with van der Waals surface area (Å²) in [6.07, 6.45) is 3.01. The van der Waals surface area contributed by atoms with Gasteiger partial charge in [0.2, 0.25) is 10.0 Å². The highest BCUT2D eigenvalue weighted by molar-refractivity contribution is 7.93. The van der Waals surface area contributed by atoms with Crippen LogP contribution >= 0.6 is 0 Å². The highest BCUT2D eigenvalue weighted by atomic mass is 32.2.